The second kappa shape index (κ2) is 7.72. The Morgan fingerprint density at radius 2 is 1.48 bits per heavy atom. The Hall–Kier alpha value is -2.99. The monoisotopic (exact) mass is 377 g/mol. The first-order valence-corrected chi connectivity index (χ1v) is 9.79. The van der Waals surface area contributed by atoms with Crippen LogP contribution in [0.3, 0.4) is 0 Å². The number of amides is 2. The number of nitrogens with zero attached hydrogens (tertiary/aromatic N) is 3. The first-order valence-electron chi connectivity index (χ1n) is 8.84. The van der Waals surface area contributed by atoms with Crippen molar-refractivity contribution in [2.45, 2.75) is 0 Å². The molecule has 2 aromatic carbocycles. The maximum atomic E-state index is 12.9. The van der Waals surface area contributed by atoms with Crippen LogP contribution in [0.1, 0.15) is 20.8 Å². The Kier molecular flexibility index (Phi) is 4.98. The molecule has 1 aliphatic rings. The molecule has 0 spiro atoms. The smallest absolute Gasteiger partial charge is 0.273 e. The highest BCUT2D eigenvalue weighted by molar-refractivity contribution is 7.07. The van der Waals surface area contributed by atoms with Gasteiger partial charge in [0.1, 0.15) is 5.69 Å². The van der Waals surface area contributed by atoms with Gasteiger partial charge in [-0.1, -0.05) is 42.5 Å². The Morgan fingerprint density at radius 3 is 2.15 bits per heavy atom. The van der Waals surface area contributed by atoms with E-state index < -0.39 is 0 Å². The van der Waals surface area contributed by atoms with Crippen LogP contribution >= 0.6 is 11.3 Å². The highest BCUT2D eigenvalue weighted by Gasteiger charge is 2.26. The maximum absolute atomic E-state index is 12.9. The minimum Gasteiger partial charge on any atom is -0.335 e. The fraction of sp³-hybridized carbons (Fsp3) is 0.190. The molecule has 0 atom stereocenters. The maximum Gasteiger partial charge on any atom is 0.273 e. The van der Waals surface area contributed by atoms with Gasteiger partial charge in [0, 0.05) is 37.1 Å². The molecular formula is C21H19N3O2S. The Morgan fingerprint density at radius 1 is 0.815 bits per heavy atom. The molecule has 0 radical (unpaired) electrons. The second-order valence-electron chi connectivity index (χ2n) is 6.40. The van der Waals surface area contributed by atoms with Crippen molar-refractivity contribution in [2.24, 2.45) is 0 Å². The van der Waals surface area contributed by atoms with Gasteiger partial charge >= 0.3 is 0 Å². The molecule has 4 rings (SSSR count). The quantitative estimate of drug-likeness (QED) is 0.703. The van der Waals surface area contributed by atoms with Gasteiger partial charge in [0.15, 0.2) is 0 Å². The number of carbonyl (C=O) groups is 2. The van der Waals surface area contributed by atoms with Crippen LogP contribution in [-0.2, 0) is 0 Å². The van der Waals surface area contributed by atoms with E-state index >= 15 is 0 Å². The number of benzene rings is 2. The van der Waals surface area contributed by atoms with Crippen LogP contribution in [0.25, 0.3) is 11.1 Å². The third kappa shape index (κ3) is 3.75. The molecule has 0 saturated carbocycles. The lowest BCUT2D eigenvalue weighted by Crippen LogP contribution is -2.50. The van der Waals surface area contributed by atoms with Gasteiger partial charge < -0.3 is 9.80 Å². The molecule has 27 heavy (non-hydrogen) atoms. The van der Waals surface area contributed by atoms with E-state index in [9.17, 15) is 9.59 Å². The number of rotatable bonds is 3. The van der Waals surface area contributed by atoms with Gasteiger partial charge in [-0.25, -0.2) is 4.98 Å². The fourth-order valence-corrected chi connectivity index (χ4v) is 3.76. The van der Waals surface area contributed by atoms with E-state index in [-0.39, 0.29) is 11.8 Å². The molecule has 1 fully saturated rings. The van der Waals surface area contributed by atoms with Crippen molar-refractivity contribution in [2.75, 3.05) is 26.2 Å². The molecule has 0 aliphatic carbocycles. The molecule has 3 aromatic rings. The molecule has 2 amide bonds. The van der Waals surface area contributed by atoms with E-state index in [0.717, 1.165) is 11.1 Å². The van der Waals surface area contributed by atoms with E-state index in [2.05, 4.69) is 4.98 Å². The number of piperazine rings is 1. The molecular weight excluding hydrogens is 358 g/mol. The molecule has 1 saturated heterocycles. The van der Waals surface area contributed by atoms with Crippen LogP contribution in [0, 0.1) is 0 Å². The van der Waals surface area contributed by atoms with Crippen LogP contribution in [0.4, 0.5) is 0 Å². The summed E-state index contributed by atoms with van der Waals surface area (Å²) >= 11 is 1.41. The molecule has 1 aromatic heterocycles. The van der Waals surface area contributed by atoms with Crippen LogP contribution in [-0.4, -0.2) is 52.8 Å². The zero-order valence-electron chi connectivity index (χ0n) is 14.7. The zero-order valence-corrected chi connectivity index (χ0v) is 15.6. The van der Waals surface area contributed by atoms with Crippen molar-refractivity contribution in [3.8, 4) is 11.1 Å². The lowest BCUT2D eigenvalue weighted by Gasteiger charge is -2.34. The first-order chi connectivity index (χ1) is 13.2. The zero-order chi connectivity index (χ0) is 18.6. The van der Waals surface area contributed by atoms with Crippen LogP contribution < -0.4 is 0 Å². The van der Waals surface area contributed by atoms with Crippen molar-refractivity contribution in [1.82, 2.24) is 14.8 Å². The summed E-state index contributed by atoms with van der Waals surface area (Å²) < 4.78 is 0. The lowest BCUT2D eigenvalue weighted by molar-refractivity contribution is 0.0533. The molecule has 0 unspecified atom stereocenters. The Labute approximate surface area is 161 Å². The number of hydrogen-bond donors (Lipinski definition) is 0. The van der Waals surface area contributed by atoms with E-state index in [4.69, 9.17) is 0 Å². The average molecular weight is 377 g/mol. The summed E-state index contributed by atoms with van der Waals surface area (Å²) in [5.41, 5.74) is 4.93. The SMILES string of the molecule is O=C(c1cccc(-c2ccccc2)c1)N1CCN(C(=O)c2cscn2)CC1. The lowest BCUT2D eigenvalue weighted by atomic mass is 10.0. The standard InChI is InChI=1S/C21H19N3O2S/c25-20(18-8-4-7-17(13-18)16-5-2-1-3-6-16)23-9-11-24(12-10-23)21(26)19-14-27-15-22-19/h1-8,13-15H,9-12H2. The van der Waals surface area contributed by atoms with Gasteiger partial charge in [-0.2, -0.15) is 0 Å². The summed E-state index contributed by atoms with van der Waals surface area (Å²) in [6, 6.07) is 17.7. The van der Waals surface area contributed by atoms with Crippen molar-refractivity contribution in [1.29, 1.82) is 0 Å². The molecule has 6 heteroatoms. The highest BCUT2D eigenvalue weighted by atomic mass is 32.1. The van der Waals surface area contributed by atoms with Crippen LogP contribution in [0.15, 0.2) is 65.5 Å². The van der Waals surface area contributed by atoms with Crippen molar-refractivity contribution < 1.29 is 9.59 Å². The van der Waals surface area contributed by atoms with Gasteiger partial charge in [-0.05, 0) is 23.3 Å². The Balaban J connectivity index is 1.43. The van der Waals surface area contributed by atoms with Crippen molar-refractivity contribution in [3.63, 3.8) is 0 Å². The number of carbonyl (C=O) groups excluding carboxylic acids is 2. The van der Waals surface area contributed by atoms with E-state index in [1.807, 2.05) is 59.5 Å². The summed E-state index contributed by atoms with van der Waals surface area (Å²) in [7, 11) is 0. The molecule has 5 nitrogen and oxygen atoms in total. The minimum absolute atomic E-state index is 0.00791. The molecule has 0 N–H and O–H groups in total. The van der Waals surface area contributed by atoms with E-state index in [1.165, 1.54) is 11.3 Å². The average Bonchev–Trinajstić information content (AvgIpc) is 3.28. The minimum atomic E-state index is -0.0607. The third-order valence-electron chi connectivity index (χ3n) is 4.72. The predicted molar refractivity (Wildman–Crippen MR) is 106 cm³/mol. The molecule has 136 valence electrons. The second-order valence-corrected chi connectivity index (χ2v) is 7.12. The summed E-state index contributed by atoms with van der Waals surface area (Å²) in [5.74, 6) is -0.0528. The van der Waals surface area contributed by atoms with Crippen molar-refractivity contribution >= 4 is 23.2 Å². The molecule has 1 aliphatic heterocycles. The van der Waals surface area contributed by atoms with Gasteiger partial charge in [0.25, 0.3) is 11.8 Å². The fourth-order valence-electron chi connectivity index (χ4n) is 3.24. The van der Waals surface area contributed by atoms with Gasteiger partial charge in [0.2, 0.25) is 0 Å². The number of thiazole rings is 1. The third-order valence-corrected chi connectivity index (χ3v) is 5.31. The first kappa shape index (κ1) is 17.4. The van der Waals surface area contributed by atoms with E-state index in [1.54, 1.807) is 15.8 Å². The van der Waals surface area contributed by atoms with Gasteiger partial charge in [-0.15, -0.1) is 11.3 Å². The largest absolute Gasteiger partial charge is 0.335 e. The number of hydrogen-bond acceptors (Lipinski definition) is 4. The summed E-state index contributed by atoms with van der Waals surface area (Å²) in [6.07, 6.45) is 0. The normalized spacial score (nSPS) is 14.2. The predicted octanol–water partition coefficient (Wildman–Crippen LogP) is 3.41. The van der Waals surface area contributed by atoms with E-state index in [0.29, 0.717) is 37.4 Å². The molecule has 0 bridgehead atoms. The van der Waals surface area contributed by atoms with Gasteiger partial charge in [0.05, 0.1) is 5.51 Å². The summed E-state index contributed by atoms with van der Waals surface area (Å²) in [4.78, 5) is 32.9. The highest BCUT2D eigenvalue weighted by Crippen LogP contribution is 2.21. The number of aromatic nitrogens is 1. The Bertz CT molecular complexity index is 933. The summed E-state index contributed by atoms with van der Waals surface area (Å²) in [6.45, 7) is 2.12. The van der Waals surface area contributed by atoms with Gasteiger partial charge in [-0.3, -0.25) is 9.59 Å². The van der Waals surface area contributed by atoms with Crippen LogP contribution in [0.5, 0.6) is 0 Å². The van der Waals surface area contributed by atoms with Crippen LogP contribution in [0.2, 0.25) is 0 Å². The summed E-state index contributed by atoms with van der Waals surface area (Å²) in [5, 5.41) is 1.76. The van der Waals surface area contributed by atoms with Crippen molar-refractivity contribution in [3.05, 3.63) is 76.7 Å². The topological polar surface area (TPSA) is 53.5 Å². The molecule has 2 heterocycles.